The first-order valence-corrected chi connectivity index (χ1v) is 5.79. The summed E-state index contributed by atoms with van der Waals surface area (Å²) in [5, 5.41) is 2.79. The second-order valence-electron chi connectivity index (χ2n) is 4.44. The van der Waals surface area contributed by atoms with E-state index < -0.39 is 0 Å². The van der Waals surface area contributed by atoms with Crippen molar-refractivity contribution in [1.29, 1.82) is 0 Å². The number of hydroxylamine groups is 1. The Morgan fingerprint density at radius 3 is 2.82 bits per heavy atom. The molecule has 1 aromatic rings. The molecule has 1 amide bonds. The fourth-order valence-corrected chi connectivity index (χ4v) is 1.27. The van der Waals surface area contributed by atoms with Gasteiger partial charge in [-0.25, -0.2) is 0 Å². The van der Waals surface area contributed by atoms with Crippen molar-refractivity contribution in [3.63, 3.8) is 0 Å². The van der Waals surface area contributed by atoms with E-state index in [9.17, 15) is 4.79 Å². The average Bonchev–Trinajstić information content (AvgIpc) is 2.24. The van der Waals surface area contributed by atoms with E-state index in [1.807, 2.05) is 31.2 Å². The molecule has 0 aliphatic rings. The van der Waals surface area contributed by atoms with E-state index in [1.54, 1.807) is 0 Å². The molecule has 0 atom stereocenters. The largest absolute Gasteiger partial charge is 0.325 e. The molecule has 0 bridgehead atoms. The molecule has 4 nitrogen and oxygen atoms in total. The summed E-state index contributed by atoms with van der Waals surface area (Å²) in [5.41, 5.74) is 4.56. The van der Waals surface area contributed by atoms with E-state index in [-0.39, 0.29) is 12.5 Å². The molecular weight excluding hydrogens is 216 g/mol. The molecule has 0 heterocycles. The molecule has 0 unspecified atom stereocenters. The van der Waals surface area contributed by atoms with Crippen LogP contribution in [0.1, 0.15) is 19.4 Å². The van der Waals surface area contributed by atoms with E-state index >= 15 is 0 Å². The Balaban J connectivity index is 2.25. The predicted molar refractivity (Wildman–Crippen MR) is 68.6 cm³/mol. The number of carbonyl (C=O) groups excluding carboxylic acids is 1. The van der Waals surface area contributed by atoms with Crippen LogP contribution < -0.4 is 10.8 Å². The van der Waals surface area contributed by atoms with Gasteiger partial charge in [-0.05, 0) is 30.5 Å². The Morgan fingerprint density at radius 2 is 2.18 bits per heavy atom. The van der Waals surface area contributed by atoms with E-state index in [1.165, 1.54) is 0 Å². The summed E-state index contributed by atoms with van der Waals surface area (Å²) >= 11 is 0. The van der Waals surface area contributed by atoms with Crippen LogP contribution in [0, 0.1) is 12.8 Å². The van der Waals surface area contributed by atoms with Gasteiger partial charge in [0.1, 0.15) is 6.54 Å². The SMILES string of the molecule is Cc1cccc(NC(=O)CNOCC(C)C)c1. The Morgan fingerprint density at radius 1 is 1.41 bits per heavy atom. The summed E-state index contributed by atoms with van der Waals surface area (Å²) in [4.78, 5) is 16.6. The number of aryl methyl sites for hydroxylation is 1. The second kappa shape index (κ2) is 7.04. The first kappa shape index (κ1) is 13.7. The molecule has 0 saturated heterocycles. The summed E-state index contributed by atoms with van der Waals surface area (Å²) < 4.78 is 0. The third-order valence-corrected chi connectivity index (χ3v) is 2.05. The number of hydrogen-bond donors (Lipinski definition) is 2. The summed E-state index contributed by atoms with van der Waals surface area (Å²) in [7, 11) is 0. The Kier molecular flexibility index (Phi) is 5.66. The molecule has 0 aromatic heterocycles. The van der Waals surface area contributed by atoms with Crippen LogP contribution in [0.25, 0.3) is 0 Å². The van der Waals surface area contributed by atoms with Gasteiger partial charge in [-0.15, -0.1) is 0 Å². The van der Waals surface area contributed by atoms with E-state index in [4.69, 9.17) is 4.84 Å². The van der Waals surface area contributed by atoms with E-state index in [2.05, 4.69) is 24.6 Å². The van der Waals surface area contributed by atoms with Crippen LogP contribution in [0.4, 0.5) is 5.69 Å². The average molecular weight is 236 g/mol. The number of carbonyl (C=O) groups is 1. The van der Waals surface area contributed by atoms with Crippen LogP contribution in [0.5, 0.6) is 0 Å². The number of anilines is 1. The third-order valence-electron chi connectivity index (χ3n) is 2.05. The number of rotatable bonds is 6. The third kappa shape index (κ3) is 6.04. The standard InChI is InChI=1S/C13H20N2O2/c1-10(2)9-17-14-8-13(16)15-12-6-4-5-11(3)7-12/h4-7,10,14H,8-9H2,1-3H3,(H,15,16). The fraction of sp³-hybridized carbons (Fsp3) is 0.462. The van der Waals surface area contributed by atoms with Gasteiger partial charge >= 0.3 is 0 Å². The smallest absolute Gasteiger partial charge is 0.240 e. The zero-order chi connectivity index (χ0) is 12.7. The molecular formula is C13H20N2O2. The Hall–Kier alpha value is -1.39. The highest BCUT2D eigenvalue weighted by Crippen LogP contribution is 2.08. The van der Waals surface area contributed by atoms with E-state index in [0.29, 0.717) is 12.5 Å². The maximum Gasteiger partial charge on any atom is 0.240 e. The summed E-state index contributed by atoms with van der Waals surface area (Å²) in [6, 6.07) is 7.68. The van der Waals surface area contributed by atoms with Gasteiger partial charge < -0.3 is 10.2 Å². The topological polar surface area (TPSA) is 50.4 Å². The lowest BCUT2D eigenvalue weighted by molar-refractivity contribution is -0.118. The summed E-state index contributed by atoms with van der Waals surface area (Å²) in [5.74, 6) is 0.335. The lowest BCUT2D eigenvalue weighted by Gasteiger charge is -2.09. The van der Waals surface area contributed by atoms with Gasteiger partial charge in [0.2, 0.25) is 5.91 Å². The molecule has 94 valence electrons. The molecule has 0 fully saturated rings. The minimum Gasteiger partial charge on any atom is -0.325 e. The number of amides is 1. The monoisotopic (exact) mass is 236 g/mol. The minimum absolute atomic E-state index is 0.112. The lowest BCUT2D eigenvalue weighted by atomic mass is 10.2. The van der Waals surface area contributed by atoms with Gasteiger partial charge in [-0.3, -0.25) is 4.79 Å². The number of hydrogen-bond acceptors (Lipinski definition) is 3. The number of benzene rings is 1. The zero-order valence-corrected chi connectivity index (χ0v) is 10.6. The van der Waals surface area contributed by atoms with Crippen molar-refractivity contribution in [2.24, 2.45) is 5.92 Å². The summed E-state index contributed by atoms with van der Waals surface area (Å²) in [6.45, 7) is 6.83. The van der Waals surface area contributed by atoms with E-state index in [0.717, 1.165) is 11.3 Å². The van der Waals surface area contributed by atoms with Crippen LogP contribution >= 0.6 is 0 Å². The van der Waals surface area contributed by atoms with Gasteiger partial charge in [0.25, 0.3) is 0 Å². The Bertz CT molecular complexity index is 364. The number of nitrogens with one attached hydrogen (secondary N) is 2. The predicted octanol–water partition coefficient (Wildman–Crippen LogP) is 2.11. The molecule has 0 aliphatic heterocycles. The Labute approximate surface area is 102 Å². The molecule has 1 rings (SSSR count). The van der Waals surface area contributed by atoms with Crippen LogP contribution in [-0.4, -0.2) is 19.1 Å². The van der Waals surface area contributed by atoms with Gasteiger partial charge in [-0.2, -0.15) is 5.48 Å². The summed E-state index contributed by atoms with van der Waals surface area (Å²) in [6.07, 6.45) is 0. The maximum absolute atomic E-state index is 11.5. The van der Waals surface area contributed by atoms with Gasteiger partial charge in [0, 0.05) is 5.69 Å². The van der Waals surface area contributed by atoms with Crippen molar-refractivity contribution in [3.05, 3.63) is 29.8 Å². The van der Waals surface area contributed by atoms with Crippen LogP contribution in [0.3, 0.4) is 0 Å². The molecule has 0 aliphatic carbocycles. The molecule has 4 heteroatoms. The molecule has 1 aromatic carbocycles. The second-order valence-corrected chi connectivity index (χ2v) is 4.44. The molecule has 0 saturated carbocycles. The quantitative estimate of drug-likeness (QED) is 0.587. The van der Waals surface area contributed by atoms with Crippen LogP contribution in [0.2, 0.25) is 0 Å². The highest BCUT2D eigenvalue weighted by Gasteiger charge is 2.02. The molecule has 17 heavy (non-hydrogen) atoms. The first-order valence-electron chi connectivity index (χ1n) is 5.79. The van der Waals surface area contributed by atoms with Gasteiger partial charge in [0.05, 0.1) is 6.61 Å². The normalized spacial score (nSPS) is 10.6. The van der Waals surface area contributed by atoms with Crippen molar-refractivity contribution in [1.82, 2.24) is 5.48 Å². The van der Waals surface area contributed by atoms with Crippen LogP contribution in [0.15, 0.2) is 24.3 Å². The van der Waals surface area contributed by atoms with Crippen molar-refractivity contribution in [3.8, 4) is 0 Å². The van der Waals surface area contributed by atoms with Crippen LogP contribution in [-0.2, 0) is 9.63 Å². The van der Waals surface area contributed by atoms with Crippen molar-refractivity contribution in [2.75, 3.05) is 18.5 Å². The first-order chi connectivity index (χ1) is 8.08. The fourth-order valence-electron chi connectivity index (χ4n) is 1.27. The van der Waals surface area contributed by atoms with Crippen molar-refractivity contribution < 1.29 is 9.63 Å². The molecule has 2 N–H and O–H groups in total. The van der Waals surface area contributed by atoms with Gasteiger partial charge in [0.15, 0.2) is 0 Å². The van der Waals surface area contributed by atoms with Gasteiger partial charge in [-0.1, -0.05) is 26.0 Å². The molecule has 0 radical (unpaired) electrons. The zero-order valence-electron chi connectivity index (χ0n) is 10.6. The van der Waals surface area contributed by atoms with Crippen molar-refractivity contribution in [2.45, 2.75) is 20.8 Å². The lowest BCUT2D eigenvalue weighted by Crippen LogP contribution is -2.29. The van der Waals surface area contributed by atoms with Crippen molar-refractivity contribution >= 4 is 11.6 Å². The maximum atomic E-state index is 11.5. The highest BCUT2D eigenvalue weighted by atomic mass is 16.6. The molecule has 0 spiro atoms. The highest BCUT2D eigenvalue weighted by molar-refractivity contribution is 5.92. The minimum atomic E-state index is -0.112.